The van der Waals surface area contributed by atoms with Gasteiger partial charge in [-0.3, -0.25) is 9.59 Å². The molecular formula is C26H34N4O3. The fourth-order valence-corrected chi connectivity index (χ4v) is 4.62. The fourth-order valence-electron chi connectivity index (χ4n) is 4.62. The van der Waals surface area contributed by atoms with Gasteiger partial charge < -0.3 is 24.8 Å². The monoisotopic (exact) mass is 450 g/mol. The molecule has 0 unspecified atom stereocenters. The molecule has 2 aromatic rings. The molecule has 2 heterocycles. The van der Waals surface area contributed by atoms with Gasteiger partial charge in [-0.25, -0.2) is 0 Å². The number of para-hydroxylation sites is 2. The Hall–Kier alpha value is -3.06. The molecule has 1 N–H and O–H groups in total. The van der Waals surface area contributed by atoms with Crippen LogP contribution in [0.4, 0.5) is 17.1 Å². The second-order valence-electron chi connectivity index (χ2n) is 8.72. The summed E-state index contributed by atoms with van der Waals surface area (Å²) in [5.41, 5.74) is 3.75. The molecule has 7 heteroatoms. The Kier molecular flexibility index (Phi) is 7.18. The Morgan fingerprint density at radius 1 is 1.09 bits per heavy atom. The lowest BCUT2D eigenvalue weighted by Gasteiger charge is -2.35. The number of hydrogen-bond donors (Lipinski definition) is 1. The van der Waals surface area contributed by atoms with Crippen molar-refractivity contribution in [1.29, 1.82) is 0 Å². The zero-order valence-corrected chi connectivity index (χ0v) is 19.8. The molecule has 2 fully saturated rings. The summed E-state index contributed by atoms with van der Waals surface area (Å²) in [6.45, 7) is 12.3. The van der Waals surface area contributed by atoms with Gasteiger partial charge in [0.1, 0.15) is 5.75 Å². The van der Waals surface area contributed by atoms with Crippen LogP contribution in [-0.2, 0) is 9.59 Å². The van der Waals surface area contributed by atoms with E-state index in [9.17, 15) is 9.59 Å². The Labute approximate surface area is 196 Å². The normalized spacial score (nSPS) is 19.1. The summed E-state index contributed by atoms with van der Waals surface area (Å²) in [6, 6.07) is 13.7. The first kappa shape index (κ1) is 23.1. The molecule has 2 saturated heterocycles. The van der Waals surface area contributed by atoms with Gasteiger partial charge in [0.15, 0.2) is 0 Å². The molecule has 0 spiro atoms. The SMILES string of the molecule is CCOc1ccccc1N1C[C@H](C(=O)Nc2ccc(N3CCN(CC)CC3)cc2C)CC1=O. The van der Waals surface area contributed by atoms with Gasteiger partial charge >= 0.3 is 0 Å². The van der Waals surface area contributed by atoms with Gasteiger partial charge in [0, 0.05) is 50.5 Å². The number of amides is 2. The highest BCUT2D eigenvalue weighted by Gasteiger charge is 2.36. The van der Waals surface area contributed by atoms with Crippen molar-refractivity contribution in [2.45, 2.75) is 27.2 Å². The van der Waals surface area contributed by atoms with Crippen molar-refractivity contribution in [3.05, 3.63) is 48.0 Å². The lowest BCUT2D eigenvalue weighted by molar-refractivity contribution is -0.122. The summed E-state index contributed by atoms with van der Waals surface area (Å²) in [6.07, 6.45) is 0.200. The third kappa shape index (κ3) is 5.14. The maximum Gasteiger partial charge on any atom is 0.229 e. The van der Waals surface area contributed by atoms with Gasteiger partial charge in [0.25, 0.3) is 0 Å². The highest BCUT2D eigenvalue weighted by molar-refractivity contribution is 6.04. The molecule has 0 radical (unpaired) electrons. The average Bonchev–Trinajstić information content (AvgIpc) is 3.22. The van der Waals surface area contributed by atoms with E-state index in [1.165, 1.54) is 5.69 Å². The van der Waals surface area contributed by atoms with Crippen LogP contribution in [0, 0.1) is 12.8 Å². The van der Waals surface area contributed by atoms with Gasteiger partial charge in [-0.2, -0.15) is 0 Å². The first-order valence-electron chi connectivity index (χ1n) is 11.9. The van der Waals surface area contributed by atoms with Crippen LogP contribution in [0.15, 0.2) is 42.5 Å². The largest absolute Gasteiger partial charge is 0.492 e. The van der Waals surface area contributed by atoms with E-state index in [0.29, 0.717) is 18.9 Å². The topological polar surface area (TPSA) is 65.1 Å². The fraction of sp³-hybridized carbons (Fsp3) is 0.462. The molecular weight excluding hydrogens is 416 g/mol. The Morgan fingerprint density at radius 3 is 2.55 bits per heavy atom. The number of anilines is 3. The van der Waals surface area contributed by atoms with Gasteiger partial charge in [-0.15, -0.1) is 0 Å². The van der Waals surface area contributed by atoms with Crippen molar-refractivity contribution in [2.24, 2.45) is 5.92 Å². The third-order valence-electron chi connectivity index (χ3n) is 6.60. The van der Waals surface area contributed by atoms with E-state index in [1.54, 1.807) is 4.90 Å². The Bertz CT molecular complexity index is 1000. The molecule has 2 aliphatic rings. The number of aryl methyl sites for hydroxylation is 1. The summed E-state index contributed by atoms with van der Waals surface area (Å²) in [4.78, 5) is 32.3. The molecule has 2 aliphatic heterocycles. The Morgan fingerprint density at radius 2 is 1.85 bits per heavy atom. The number of carbonyl (C=O) groups is 2. The average molecular weight is 451 g/mol. The summed E-state index contributed by atoms with van der Waals surface area (Å²) >= 11 is 0. The number of nitrogens with one attached hydrogen (secondary N) is 1. The van der Waals surface area contributed by atoms with Crippen molar-refractivity contribution < 1.29 is 14.3 Å². The van der Waals surface area contributed by atoms with E-state index in [4.69, 9.17) is 4.74 Å². The minimum atomic E-state index is -0.395. The second-order valence-corrected chi connectivity index (χ2v) is 8.72. The minimum absolute atomic E-state index is 0.0550. The van der Waals surface area contributed by atoms with Crippen LogP contribution in [0.3, 0.4) is 0 Å². The van der Waals surface area contributed by atoms with Crippen LogP contribution in [0.1, 0.15) is 25.8 Å². The minimum Gasteiger partial charge on any atom is -0.492 e. The van der Waals surface area contributed by atoms with E-state index in [-0.39, 0.29) is 18.2 Å². The molecule has 0 aromatic heterocycles. The summed E-state index contributed by atoms with van der Waals surface area (Å²) in [5.74, 6) is 0.0988. The lowest BCUT2D eigenvalue weighted by Crippen LogP contribution is -2.46. The third-order valence-corrected chi connectivity index (χ3v) is 6.60. The van der Waals surface area contributed by atoms with Crippen molar-refractivity contribution in [3.63, 3.8) is 0 Å². The number of benzene rings is 2. The summed E-state index contributed by atoms with van der Waals surface area (Å²) in [7, 11) is 0. The van der Waals surface area contributed by atoms with Crippen LogP contribution in [0.2, 0.25) is 0 Å². The van der Waals surface area contributed by atoms with Gasteiger partial charge in [-0.05, 0) is 56.3 Å². The molecule has 1 atom stereocenters. The zero-order valence-electron chi connectivity index (χ0n) is 19.8. The molecule has 2 aromatic carbocycles. The van der Waals surface area contributed by atoms with Crippen LogP contribution >= 0.6 is 0 Å². The number of piperazine rings is 1. The first-order valence-corrected chi connectivity index (χ1v) is 11.9. The van der Waals surface area contributed by atoms with Gasteiger partial charge in [-0.1, -0.05) is 19.1 Å². The number of carbonyl (C=O) groups excluding carboxylic acids is 2. The quantitative estimate of drug-likeness (QED) is 0.699. The number of hydrogen-bond acceptors (Lipinski definition) is 5. The molecule has 0 bridgehead atoms. The molecule has 33 heavy (non-hydrogen) atoms. The number of likely N-dealkylation sites (N-methyl/N-ethyl adjacent to an activating group) is 1. The van der Waals surface area contributed by atoms with E-state index in [1.807, 2.05) is 44.2 Å². The van der Waals surface area contributed by atoms with Crippen LogP contribution in [-0.4, -0.2) is 62.6 Å². The Balaban J connectivity index is 1.40. The number of nitrogens with zero attached hydrogens (tertiary/aromatic N) is 3. The summed E-state index contributed by atoms with van der Waals surface area (Å²) < 4.78 is 5.68. The van der Waals surface area contributed by atoms with Crippen LogP contribution in [0.5, 0.6) is 5.75 Å². The van der Waals surface area contributed by atoms with Crippen LogP contribution in [0.25, 0.3) is 0 Å². The summed E-state index contributed by atoms with van der Waals surface area (Å²) in [5, 5.41) is 3.05. The maximum absolute atomic E-state index is 13.0. The predicted octanol–water partition coefficient (Wildman–Crippen LogP) is 3.53. The first-order chi connectivity index (χ1) is 16.0. The number of rotatable bonds is 7. The highest BCUT2D eigenvalue weighted by Crippen LogP contribution is 2.33. The zero-order chi connectivity index (χ0) is 23.4. The molecule has 0 aliphatic carbocycles. The molecule has 176 valence electrons. The van der Waals surface area contributed by atoms with Crippen molar-refractivity contribution in [3.8, 4) is 5.75 Å². The van der Waals surface area contributed by atoms with Crippen molar-refractivity contribution in [1.82, 2.24) is 4.90 Å². The van der Waals surface area contributed by atoms with E-state index in [2.05, 4.69) is 34.2 Å². The predicted molar refractivity (Wildman–Crippen MR) is 132 cm³/mol. The molecule has 0 saturated carbocycles. The van der Waals surface area contributed by atoms with E-state index < -0.39 is 5.92 Å². The van der Waals surface area contributed by atoms with E-state index >= 15 is 0 Å². The van der Waals surface area contributed by atoms with Crippen molar-refractivity contribution >= 4 is 28.9 Å². The smallest absolute Gasteiger partial charge is 0.229 e. The van der Waals surface area contributed by atoms with Gasteiger partial charge in [0.2, 0.25) is 11.8 Å². The van der Waals surface area contributed by atoms with Crippen LogP contribution < -0.4 is 19.9 Å². The second kappa shape index (κ2) is 10.3. The number of ether oxygens (including phenoxy) is 1. The standard InChI is InChI=1S/C26H34N4O3/c1-4-28-12-14-29(15-13-28)21-10-11-22(19(3)16-21)27-26(32)20-17-25(31)30(18-20)23-8-6-7-9-24(23)33-5-2/h6-11,16,20H,4-5,12-15,17-18H2,1-3H3,(H,27,32)/t20-/m1/s1. The molecule has 2 amide bonds. The van der Waals surface area contributed by atoms with Gasteiger partial charge in [0.05, 0.1) is 18.2 Å². The highest BCUT2D eigenvalue weighted by atomic mass is 16.5. The maximum atomic E-state index is 13.0. The van der Waals surface area contributed by atoms with Crippen molar-refractivity contribution in [2.75, 3.05) is 61.0 Å². The molecule has 4 rings (SSSR count). The molecule has 7 nitrogen and oxygen atoms in total. The van der Waals surface area contributed by atoms with E-state index in [0.717, 1.165) is 49.7 Å². The lowest BCUT2D eigenvalue weighted by atomic mass is 10.1.